The van der Waals surface area contributed by atoms with E-state index in [2.05, 4.69) is 4.90 Å². The summed E-state index contributed by atoms with van der Waals surface area (Å²) in [7, 11) is 1.20. The number of hydrogen-bond acceptors (Lipinski definition) is 7. The summed E-state index contributed by atoms with van der Waals surface area (Å²) in [6.45, 7) is 1.90. The van der Waals surface area contributed by atoms with Gasteiger partial charge in [0.05, 0.1) is 24.0 Å². The number of halogens is 8. The zero-order valence-electron chi connectivity index (χ0n) is 29.3. The van der Waals surface area contributed by atoms with Crippen molar-refractivity contribution in [2.75, 3.05) is 25.1 Å². The van der Waals surface area contributed by atoms with Gasteiger partial charge >= 0.3 is 0 Å². The number of alkyl halides is 2. The SMILES string of the molecule is COc1cc(C2C3=CCC4C(=O)N(C5CCN(Cc6ccccc6)CC5)C(=O)C4C3CC3(Cl)C(=O)N(c4c(F)c(F)c(F)c(F)c4F)C(=O)C23Cl)cc(Cl)c1O. The largest absolute Gasteiger partial charge is 0.503 e. The zero-order chi connectivity index (χ0) is 40.2. The van der Waals surface area contributed by atoms with Crippen LogP contribution in [0.3, 0.4) is 0 Å². The fourth-order valence-corrected chi connectivity index (χ4v) is 10.6. The van der Waals surface area contributed by atoms with Crippen molar-refractivity contribution < 1.29 is 51.0 Å². The summed E-state index contributed by atoms with van der Waals surface area (Å²) >= 11 is 20.8. The van der Waals surface area contributed by atoms with Gasteiger partial charge < -0.3 is 9.84 Å². The van der Waals surface area contributed by atoms with Crippen LogP contribution in [-0.4, -0.2) is 74.5 Å². The van der Waals surface area contributed by atoms with Gasteiger partial charge in [0.1, 0.15) is 5.69 Å². The number of fused-ring (bicyclic) bond motifs is 4. The van der Waals surface area contributed by atoms with Gasteiger partial charge in [-0.1, -0.05) is 53.6 Å². The Morgan fingerprint density at radius 2 is 1.48 bits per heavy atom. The number of nitrogens with zero attached hydrogens (tertiary/aromatic N) is 3. The number of phenolic OH excluding ortho intramolecular Hbond substituents is 1. The van der Waals surface area contributed by atoms with Crippen molar-refractivity contribution >= 4 is 64.1 Å². The van der Waals surface area contributed by atoms with E-state index in [1.54, 1.807) is 6.08 Å². The number of rotatable bonds is 6. The van der Waals surface area contributed by atoms with Crippen molar-refractivity contribution in [3.05, 3.63) is 99.3 Å². The molecular weight excluding hydrogens is 808 g/mol. The molecule has 9 nitrogen and oxygen atoms in total. The van der Waals surface area contributed by atoms with E-state index >= 15 is 8.78 Å². The zero-order valence-corrected chi connectivity index (χ0v) is 31.6. The fourth-order valence-electron chi connectivity index (χ4n) is 9.42. The molecule has 5 aliphatic rings. The number of carbonyl (C=O) groups excluding carboxylic acids is 4. The maximum absolute atomic E-state index is 15.3. The molecule has 8 rings (SSSR count). The first-order chi connectivity index (χ1) is 26.6. The second-order valence-electron chi connectivity index (χ2n) is 14.8. The van der Waals surface area contributed by atoms with E-state index in [4.69, 9.17) is 39.5 Å². The third kappa shape index (κ3) is 5.35. The van der Waals surface area contributed by atoms with E-state index in [1.165, 1.54) is 24.1 Å². The summed E-state index contributed by atoms with van der Waals surface area (Å²) in [6.07, 6.45) is 1.95. The van der Waals surface area contributed by atoms with Gasteiger partial charge in [-0.2, -0.15) is 0 Å². The molecule has 17 heteroatoms. The number of anilines is 1. The molecule has 3 aromatic carbocycles. The van der Waals surface area contributed by atoms with Gasteiger partial charge in [-0.3, -0.25) is 29.0 Å². The number of aromatic hydroxyl groups is 1. The summed E-state index contributed by atoms with van der Waals surface area (Å²) in [4.78, 5) is 55.5. The van der Waals surface area contributed by atoms with E-state index in [1.807, 2.05) is 30.3 Å². The Morgan fingerprint density at radius 3 is 2.11 bits per heavy atom. The average Bonchev–Trinajstić information content (AvgIpc) is 3.52. The summed E-state index contributed by atoms with van der Waals surface area (Å²) in [6, 6.07) is 11.8. The van der Waals surface area contributed by atoms with Crippen molar-refractivity contribution in [3.63, 3.8) is 0 Å². The lowest BCUT2D eigenvalue weighted by Gasteiger charge is -2.50. The number of amides is 4. The first kappa shape index (κ1) is 38.6. The maximum atomic E-state index is 15.3. The molecule has 1 N–H and O–H groups in total. The van der Waals surface area contributed by atoms with Gasteiger partial charge in [-0.15, -0.1) is 23.2 Å². The minimum atomic E-state index is -2.75. The Morgan fingerprint density at radius 1 is 0.857 bits per heavy atom. The van der Waals surface area contributed by atoms with E-state index in [0.717, 1.165) is 5.56 Å². The number of ether oxygens (including phenoxy) is 1. The van der Waals surface area contributed by atoms with Crippen molar-refractivity contribution in [1.82, 2.24) is 9.80 Å². The molecule has 0 radical (unpaired) electrons. The molecule has 294 valence electrons. The highest BCUT2D eigenvalue weighted by Crippen LogP contribution is 2.66. The van der Waals surface area contributed by atoms with E-state index in [-0.39, 0.29) is 33.2 Å². The molecule has 1 saturated carbocycles. The molecule has 3 heterocycles. The minimum Gasteiger partial charge on any atom is -0.503 e. The Kier molecular flexibility index (Phi) is 9.45. The van der Waals surface area contributed by atoms with E-state index in [9.17, 15) is 37.5 Å². The number of hydrogen-bond donors (Lipinski definition) is 1. The van der Waals surface area contributed by atoms with Crippen LogP contribution in [0.4, 0.5) is 27.6 Å². The van der Waals surface area contributed by atoms with Crippen LogP contribution in [0.1, 0.15) is 42.7 Å². The highest BCUT2D eigenvalue weighted by molar-refractivity contribution is 6.58. The van der Waals surface area contributed by atoms with E-state index in [0.29, 0.717) is 32.5 Å². The van der Waals surface area contributed by atoms with Crippen molar-refractivity contribution in [1.29, 1.82) is 0 Å². The molecule has 6 atom stereocenters. The molecule has 0 bridgehead atoms. The number of phenols is 1. The van der Waals surface area contributed by atoms with Gasteiger partial charge in [0.15, 0.2) is 44.5 Å². The quantitative estimate of drug-likeness (QED) is 0.0714. The number of carbonyl (C=O) groups is 4. The standard InChI is InChI=1S/C39H31Cl3F5N3O6/c1-56-24-14-18(13-23(40)33(24)51)26-20-7-8-21-25(35(53)49(34(21)52)19-9-11-48(12-10-19)16-17-5-3-2-4-6-17)22(20)15-38(41)36(54)50(37(55)39(26,38)42)32-30(46)28(44)27(43)29(45)31(32)47/h2-7,13-14,19,21-22,25-26,51H,8-12,15-16H2,1H3. The van der Waals surface area contributed by atoms with Crippen molar-refractivity contribution in [2.24, 2.45) is 17.8 Å². The van der Waals surface area contributed by atoms with Crippen LogP contribution in [0.5, 0.6) is 11.5 Å². The summed E-state index contributed by atoms with van der Waals surface area (Å²) in [5.74, 6) is -21.9. The Labute approximate surface area is 331 Å². The number of likely N-dealkylation sites (tertiary alicyclic amines) is 2. The fraction of sp³-hybridized carbons (Fsp3) is 0.385. The number of benzene rings is 3. The first-order valence-corrected chi connectivity index (χ1v) is 18.9. The van der Waals surface area contributed by atoms with Crippen LogP contribution in [-0.2, 0) is 25.7 Å². The number of piperidine rings is 1. The molecule has 3 saturated heterocycles. The van der Waals surface area contributed by atoms with Crippen LogP contribution in [0.25, 0.3) is 0 Å². The molecule has 56 heavy (non-hydrogen) atoms. The predicted molar refractivity (Wildman–Crippen MR) is 193 cm³/mol. The number of imide groups is 2. The highest BCUT2D eigenvalue weighted by Gasteiger charge is 2.77. The molecule has 6 unspecified atom stereocenters. The monoisotopic (exact) mass is 837 g/mol. The first-order valence-electron chi connectivity index (χ1n) is 17.7. The number of methoxy groups -OCH3 is 1. The summed E-state index contributed by atoms with van der Waals surface area (Å²) in [5, 5.41) is 10.3. The second kappa shape index (κ2) is 13.7. The second-order valence-corrected chi connectivity index (χ2v) is 16.4. The molecule has 2 aliphatic carbocycles. The van der Waals surface area contributed by atoms with E-state index < -0.39 is 110 Å². The van der Waals surface area contributed by atoms with Crippen LogP contribution in [0.2, 0.25) is 5.02 Å². The highest BCUT2D eigenvalue weighted by atomic mass is 35.5. The van der Waals surface area contributed by atoms with Crippen molar-refractivity contribution in [3.8, 4) is 11.5 Å². The summed E-state index contributed by atoms with van der Waals surface area (Å²) < 4.78 is 79.2. The lowest BCUT2D eigenvalue weighted by atomic mass is 9.56. The lowest BCUT2D eigenvalue weighted by molar-refractivity contribution is -0.144. The Hall–Kier alpha value is -4.24. The topological polar surface area (TPSA) is 107 Å². The van der Waals surface area contributed by atoms with Crippen LogP contribution in [0.15, 0.2) is 54.1 Å². The van der Waals surface area contributed by atoms with Crippen LogP contribution >= 0.6 is 34.8 Å². The Balaban J connectivity index is 1.21. The van der Waals surface area contributed by atoms with Gasteiger partial charge in [-0.05, 0) is 54.9 Å². The molecule has 0 spiro atoms. The summed E-state index contributed by atoms with van der Waals surface area (Å²) in [5.41, 5.74) is -0.508. The minimum absolute atomic E-state index is 0.00102. The van der Waals surface area contributed by atoms with Gasteiger partial charge in [-0.25, -0.2) is 26.9 Å². The van der Waals surface area contributed by atoms with Gasteiger partial charge in [0.2, 0.25) is 17.6 Å². The van der Waals surface area contributed by atoms with Crippen molar-refractivity contribution in [2.45, 2.75) is 53.9 Å². The van der Waals surface area contributed by atoms with Crippen LogP contribution in [0, 0.1) is 46.8 Å². The van der Waals surface area contributed by atoms with Gasteiger partial charge in [0, 0.05) is 31.6 Å². The molecule has 4 amide bonds. The molecule has 0 aromatic heterocycles. The smallest absolute Gasteiger partial charge is 0.258 e. The Bertz CT molecular complexity index is 2230. The average molecular weight is 839 g/mol. The third-order valence-electron chi connectivity index (χ3n) is 12.0. The normalized spacial score (nSPS) is 29.4. The maximum Gasteiger partial charge on any atom is 0.258 e. The molecule has 4 fully saturated rings. The molecule has 3 aliphatic heterocycles. The predicted octanol–water partition coefficient (Wildman–Crippen LogP) is 6.98. The molecular formula is C39H31Cl3F5N3O6. The molecule has 3 aromatic rings. The number of allylic oxidation sites excluding steroid dienone is 2. The lowest BCUT2D eigenvalue weighted by Crippen LogP contribution is -2.60. The van der Waals surface area contributed by atoms with Crippen LogP contribution < -0.4 is 9.64 Å². The third-order valence-corrected chi connectivity index (χ3v) is 13.7. The van der Waals surface area contributed by atoms with Gasteiger partial charge in [0.25, 0.3) is 11.8 Å².